The molecular weight excluding hydrogens is 244 g/mol. The number of rotatable bonds is 1. The summed E-state index contributed by atoms with van der Waals surface area (Å²) in [6.45, 7) is 2.15. The van der Waals surface area contributed by atoms with Crippen LogP contribution in [0.4, 0.5) is 17.6 Å². The van der Waals surface area contributed by atoms with Gasteiger partial charge in [0.2, 0.25) is 0 Å². The second-order valence-electron chi connectivity index (χ2n) is 5.19. The minimum absolute atomic E-state index is 0.0727. The van der Waals surface area contributed by atoms with Gasteiger partial charge in [-0.25, -0.2) is 4.39 Å². The van der Waals surface area contributed by atoms with E-state index in [0.717, 1.165) is 31.7 Å². The minimum Gasteiger partial charge on any atom is -0.207 e. The number of hydrogen-bond acceptors (Lipinski definition) is 0. The van der Waals surface area contributed by atoms with E-state index in [-0.39, 0.29) is 5.92 Å². The molecule has 0 saturated heterocycles. The van der Waals surface area contributed by atoms with Crippen LogP contribution < -0.4 is 0 Å². The molecule has 0 bridgehead atoms. The lowest BCUT2D eigenvalue weighted by molar-refractivity contribution is -0.137. The van der Waals surface area contributed by atoms with Crippen LogP contribution >= 0.6 is 0 Å². The van der Waals surface area contributed by atoms with Gasteiger partial charge in [-0.05, 0) is 42.4 Å². The Morgan fingerprint density at radius 1 is 1.06 bits per heavy atom. The molecular formula is C14H16F4. The molecule has 1 aliphatic carbocycles. The maximum Gasteiger partial charge on any atom is 0.416 e. The van der Waals surface area contributed by atoms with Crippen molar-refractivity contribution >= 4 is 0 Å². The summed E-state index contributed by atoms with van der Waals surface area (Å²) < 4.78 is 51.0. The van der Waals surface area contributed by atoms with Crippen molar-refractivity contribution < 1.29 is 17.6 Å². The first-order valence-corrected chi connectivity index (χ1v) is 6.24. The lowest BCUT2D eigenvalue weighted by Crippen LogP contribution is -2.13. The van der Waals surface area contributed by atoms with Crippen molar-refractivity contribution in [1.82, 2.24) is 0 Å². The van der Waals surface area contributed by atoms with E-state index in [1.165, 1.54) is 6.07 Å². The highest BCUT2D eigenvalue weighted by atomic mass is 19.4. The highest BCUT2D eigenvalue weighted by molar-refractivity contribution is 5.29. The minimum atomic E-state index is -4.47. The van der Waals surface area contributed by atoms with Crippen LogP contribution in [0.1, 0.15) is 49.7 Å². The van der Waals surface area contributed by atoms with E-state index in [4.69, 9.17) is 0 Å². The average Bonchev–Trinajstić information content (AvgIpc) is 2.29. The maximum atomic E-state index is 13.8. The molecule has 0 spiro atoms. The van der Waals surface area contributed by atoms with Gasteiger partial charge in [-0.3, -0.25) is 0 Å². The van der Waals surface area contributed by atoms with Gasteiger partial charge in [0.1, 0.15) is 5.82 Å². The van der Waals surface area contributed by atoms with Gasteiger partial charge in [-0.15, -0.1) is 0 Å². The summed E-state index contributed by atoms with van der Waals surface area (Å²) in [6.07, 6.45) is -0.705. The smallest absolute Gasteiger partial charge is 0.207 e. The molecule has 0 unspecified atom stereocenters. The van der Waals surface area contributed by atoms with Crippen molar-refractivity contribution in [2.24, 2.45) is 5.92 Å². The van der Waals surface area contributed by atoms with Crippen LogP contribution in [-0.2, 0) is 6.18 Å². The Kier molecular flexibility index (Phi) is 3.64. The van der Waals surface area contributed by atoms with E-state index in [1.807, 2.05) is 0 Å². The van der Waals surface area contributed by atoms with Gasteiger partial charge >= 0.3 is 6.18 Å². The van der Waals surface area contributed by atoms with Gasteiger partial charge in [0, 0.05) is 0 Å². The molecule has 0 amide bonds. The van der Waals surface area contributed by atoms with E-state index >= 15 is 0 Å². The Bertz CT molecular complexity index is 414. The molecule has 0 aliphatic heterocycles. The molecule has 1 saturated carbocycles. The van der Waals surface area contributed by atoms with Crippen molar-refractivity contribution in [3.8, 4) is 0 Å². The van der Waals surface area contributed by atoms with E-state index in [9.17, 15) is 17.6 Å². The van der Waals surface area contributed by atoms with Crippen molar-refractivity contribution in [3.63, 3.8) is 0 Å². The van der Waals surface area contributed by atoms with Crippen LogP contribution in [0.2, 0.25) is 0 Å². The number of hydrogen-bond donors (Lipinski definition) is 0. The molecule has 18 heavy (non-hydrogen) atoms. The van der Waals surface area contributed by atoms with Crippen LogP contribution in [-0.4, -0.2) is 0 Å². The number of benzene rings is 1. The first-order chi connectivity index (χ1) is 8.38. The van der Waals surface area contributed by atoms with E-state index in [0.29, 0.717) is 17.5 Å². The first kappa shape index (κ1) is 13.4. The number of alkyl halides is 3. The van der Waals surface area contributed by atoms with Gasteiger partial charge in [0.15, 0.2) is 0 Å². The molecule has 2 rings (SSSR count). The molecule has 4 heteroatoms. The molecule has 1 fully saturated rings. The highest BCUT2D eigenvalue weighted by Gasteiger charge is 2.32. The summed E-state index contributed by atoms with van der Waals surface area (Å²) in [6, 6.07) is 2.91. The summed E-state index contributed by atoms with van der Waals surface area (Å²) in [5.74, 6) is -0.00776. The largest absolute Gasteiger partial charge is 0.416 e. The molecule has 0 heterocycles. The third kappa shape index (κ3) is 2.85. The molecule has 1 aliphatic rings. The second kappa shape index (κ2) is 4.90. The molecule has 0 nitrogen and oxygen atoms in total. The Hall–Kier alpha value is -1.06. The van der Waals surface area contributed by atoms with E-state index in [2.05, 4.69) is 6.92 Å². The van der Waals surface area contributed by atoms with Gasteiger partial charge in [-0.1, -0.05) is 25.8 Å². The number of halogens is 4. The maximum absolute atomic E-state index is 13.8. The zero-order valence-electron chi connectivity index (χ0n) is 10.2. The molecule has 1 aromatic rings. The second-order valence-corrected chi connectivity index (χ2v) is 5.19. The normalized spacial score (nSPS) is 25.2. The van der Waals surface area contributed by atoms with E-state index < -0.39 is 17.6 Å². The van der Waals surface area contributed by atoms with Crippen LogP contribution in [0.3, 0.4) is 0 Å². The highest BCUT2D eigenvalue weighted by Crippen LogP contribution is 2.38. The summed E-state index contributed by atoms with van der Waals surface area (Å²) >= 11 is 0. The van der Waals surface area contributed by atoms with Crippen molar-refractivity contribution in [3.05, 3.63) is 35.1 Å². The third-order valence-electron chi connectivity index (χ3n) is 3.78. The fraction of sp³-hybridized carbons (Fsp3) is 0.571. The summed E-state index contributed by atoms with van der Waals surface area (Å²) in [4.78, 5) is 0. The molecule has 100 valence electrons. The summed E-state index contributed by atoms with van der Waals surface area (Å²) in [5, 5.41) is 0. The molecule has 0 atom stereocenters. The van der Waals surface area contributed by atoms with Crippen LogP contribution in [0.25, 0.3) is 0 Å². The Morgan fingerprint density at radius 2 is 1.67 bits per heavy atom. The Labute approximate surface area is 104 Å². The fourth-order valence-electron chi connectivity index (χ4n) is 2.61. The fourth-order valence-corrected chi connectivity index (χ4v) is 2.61. The monoisotopic (exact) mass is 260 g/mol. The predicted octanol–water partition coefficient (Wildman–Crippen LogP) is 5.14. The molecule has 0 radical (unpaired) electrons. The van der Waals surface area contributed by atoms with Crippen LogP contribution in [0, 0.1) is 11.7 Å². The van der Waals surface area contributed by atoms with Gasteiger partial charge < -0.3 is 0 Å². The topological polar surface area (TPSA) is 0 Å². The van der Waals surface area contributed by atoms with Gasteiger partial charge in [0.25, 0.3) is 0 Å². The SMILES string of the molecule is CC1CCC(c2ccc(C(F)(F)F)cc2F)CC1. The Balaban J connectivity index is 2.20. The van der Waals surface area contributed by atoms with Crippen LogP contribution in [0.5, 0.6) is 0 Å². The van der Waals surface area contributed by atoms with Crippen molar-refractivity contribution in [1.29, 1.82) is 0 Å². The zero-order valence-corrected chi connectivity index (χ0v) is 10.2. The standard InChI is InChI=1S/C14H16F4/c1-9-2-4-10(5-3-9)12-7-6-11(8-13(12)15)14(16,17)18/h6-10H,2-5H2,1H3. The third-order valence-corrected chi connectivity index (χ3v) is 3.78. The van der Waals surface area contributed by atoms with Crippen molar-refractivity contribution in [2.75, 3.05) is 0 Å². The lowest BCUT2D eigenvalue weighted by Gasteiger charge is -2.27. The van der Waals surface area contributed by atoms with Gasteiger partial charge in [0.05, 0.1) is 5.56 Å². The quantitative estimate of drug-likeness (QED) is 0.613. The Morgan fingerprint density at radius 3 is 2.17 bits per heavy atom. The predicted molar refractivity (Wildman–Crippen MR) is 61.8 cm³/mol. The first-order valence-electron chi connectivity index (χ1n) is 6.24. The average molecular weight is 260 g/mol. The molecule has 1 aromatic carbocycles. The van der Waals surface area contributed by atoms with E-state index in [1.54, 1.807) is 0 Å². The summed E-state index contributed by atoms with van der Waals surface area (Å²) in [5.41, 5.74) is -0.470. The zero-order chi connectivity index (χ0) is 13.3. The summed E-state index contributed by atoms with van der Waals surface area (Å²) in [7, 11) is 0. The van der Waals surface area contributed by atoms with Gasteiger partial charge in [-0.2, -0.15) is 13.2 Å². The van der Waals surface area contributed by atoms with Crippen molar-refractivity contribution in [2.45, 2.75) is 44.7 Å². The lowest BCUT2D eigenvalue weighted by atomic mass is 9.79. The molecule has 0 aromatic heterocycles. The van der Waals surface area contributed by atoms with Crippen LogP contribution in [0.15, 0.2) is 18.2 Å². The molecule has 0 N–H and O–H groups in total.